The minimum atomic E-state index is -1.80. The van der Waals surface area contributed by atoms with Crippen LogP contribution < -0.4 is 10.1 Å². The largest absolute Gasteiger partial charge is 0.493 e. The van der Waals surface area contributed by atoms with Crippen molar-refractivity contribution in [3.8, 4) is 5.75 Å². The Morgan fingerprint density at radius 3 is 2.23 bits per heavy atom. The van der Waals surface area contributed by atoms with Crippen molar-refractivity contribution in [2.75, 3.05) is 6.56 Å². The van der Waals surface area contributed by atoms with E-state index in [1.807, 2.05) is 6.92 Å². The van der Waals surface area contributed by atoms with Gasteiger partial charge in [0.1, 0.15) is 5.75 Å². The lowest BCUT2D eigenvalue weighted by atomic mass is 9.89. The summed E-state index contributed by atoms with van der Waals surface area (Å²) in [7, 11) is 0. The van der Waals surface area contributed by atoms with Gasteiger partial charge in [-0.2, -0.15) is 0 Å². The number of benzene rings is 2. The van der Waals surface area contributed by atoms with E-state index >= 15 is 0 Å². The van der Waals surface area contributed by atoms with Gasteiger partial charge < -0.3 is 20.3 Å². The maximum atomic E-state index is 13.0. The molecule has 5 heteroatoms. The Balaban J connectivity index is 1.79. The quantitative estimate of drug-likeness (QED) is 0.580. The van der Waals surface area contributed by atoms with Gasteiger partial charge in [0.2, 0.25) is 0 Å². The van der Waals surface area contributed by atoms with Crippen LogP contribution in [-0.2, 0) is 10.4 Å². The van der Waals surface area contributed by atoms with Crippen LogP contribution in [0.2, 0.25) is 0 Å². The van der Waals surface area contributed by atoms with Crippen molar-refractivity contribution in [2.45, 2.75) is 70.6 Å². The molecule has 2 aromatic carbocycles. The fourth-order valence-electron chi connectivity index (χ4n) is 4.00. The number of carbonyl (C=O) groups is 1. The van der Waals surface area contributed by atoms with Crippen molar-refractivity contribution >= 4 is 5.91 Å². The summed E-state index contributed by atoms with van der Waals surface area (Å²) in [6.07, 6.45) is 3.56. The molecule has 0 aliphatic heterocycles. The Kier molecular flexibility index (Phi) is 5.97. The molecule has 1 aliphatic rings. The first-order chi connectivity index (χ1) is 15.3. The third kappa shape index (κ3) is 5.66. The zero-order chi connectivity index (χ0) is 24.5. The van der Waals surface area contributed by atoms with Gasteiger partial charge >= 0.3 is 0 Å². The minimum absolute atomic E-state index is 0.383. The Morgan fingerprint density at radius 1 is 1.10 bits per heavy atom. The molecule has 2 aromatic rings. The Bertz CT molecular complexity index is 947. The molecule has 0 saturated heterocycles. The van der Waals surface area contributed by atoms with Gasteiger partial charge in [0, 0.05) is 5.41 Å². The number of hydrogen-bond donors (Lipinski definition) is 3. The SMILES string of the molecule is [2H]C([2H])(Oc1ccc([C@@H](NC(=O)[C@](C)(O)c2ccccc2)C(C)(C)O)cc1)C1(C)CCCC1. The maximum Gasteiger partial charge on any atom is 0.256 e. The number of nitrogens with one attached hydrogen (secondary N) is 1. The summed E-state index contributed by atoms with van der Waals surface area (Å²) in [5.74, 6) is -0.249. The lowest BCUT2D eigenvalue weighted by Crippen LogP contribution is -2.49. The molecule has 31 heavy (non-hydrogen) atoms. The van der Waals surface area contributed by atoms with Gasteiger partial charge in [0.05, 0.1) is 20.9 Å². The van der Waals surface area contributed by atoms with Crippen molar-refractivity contribution < 1.29 is 22.5 Å². The topological polar surface area (TPSA) is 78.8 Å². The zero-order valence-corrected chi connectivity index (χ0v) is 18.8. The van der Waals surface area contributed by atoms with E-state index in [0.717, 1.165) is 25.7 Å². The van der Waals surface area contributed by atoms with Crippen LogP contribution in [0.25, 0.3) is 0 Å². The van der Waals surface area contributed by atoms with Gasteiger partial charge in [-0.05, 0) is 56.9 Å². The Labute approximate surface area is 188 Å². The molecule has 1 saturated carbocycles. The van der Waals surface area contributed by atoms with Gasteiger partial charge in [0.25, 0.3) is 5.91 Å². The number of hydrogen-bond acceptors (Lipinski definition) is 4. The molecule has 0 radical (unpaired) electrons. The van der Waals surface area contributed by atoms with E-state index < -0.39 is 35.1 Å². The third-order valence-electron chi connectivity index (χ3n) is 6.10. The van der Waals surface area contributed by atoms with Crippen molar-refractivity contribution in [3.63, 3.8) is 0 Å². The number of rotatable bonds is 8. The molecule has 0 spiro atoms. The first-order valence-electron chi connectivity index (χ1n) is 11.9. The average molecular weight is 428 g/mol. The Hall–Kier alpha value is -2.37. The second-order valence-electron chi connectivity index (χ2n) is 9.54. The molecule has 0 unspecified atom stereocenters. The van der Waals surface area contributed by atoms with Gasteiger partial charge in [-0.25, -0.2) is 0 Å². The van der Waals surface area contributed by atoms with Crippen LogP contribution in [0, 0.1) is 5.41 Å². The summed E-state index contributed by atoms with van der Waals surface area (Å²) in [6, 6.07) is 14.5. The summed E-state index contributed by atoms with van der Waals surface area (Å²) >= 11 is 0. The second kappa shape index (κ2) is 9.01. The number of amides is 1. The summed E-state index contributed by atoms with van der Waals surface area (Å²) in [5, 5.41) is 24.4. The minimum Gasteiger partial charge on any atom is -0.493 e. The average Bonchev–Trinajstić information content (AvgIpc) is 3.20. The lowest BCUT2D eigenvalue weighted by molar-refractivity contribution is -0.141. The molecule has 3 rings (SSSR count). The number of carbonyl (C=O) groups excluding carboxylic acids is 1. The first-order valence-corrected chi connectivity index (χ1v) is 10.9. The predicted molar refractivity (Wildman–Crippen MR) is 122 cm³/mol. The van der Waals surface area contributed by atoms with Crippen LogP contribution in [0.4, 0.5) is 0 Å². The van der Waals surface area contributed by atoms with Crippen LogP contribution in [0.15, 0.2) is 54.6 Å². The smallest absolute Gasteiger partial charge is 0.256 e. The van der Waals surface area contributed by atoms with E-state index in [-0.39, 0.29) is 0 Å². The normalized spacial score (nSPS) is 20.2. The van der Waals surface area contributed by atoms with Crippen molar-refractivity contribution in [1.82, 2.24) is 5.32 Å². The monoisotopic (exact) mass is 427 g/mol. The molecule has 3 N–H and O–H groups in total. The van der Waals surface area contributed by atoms with Crippen LogP contribution in [0.1, 0.15) is 73.3 Å². The summed E-state index contributed by atoms with van der Waals surface area (Å²) in [4.78, 5) is 13.0. The second-order valence-corrected chi connectivity index (χ2v) is 9.54. The van der Waals surface area contributed by atoms with E-state index in [1.54, 1.807) is 68.4 Å². The highest BCUT2D eigenvalue weighted by Gasteiger charge is 2.38. The van der Waals surface area contributed by atoms with Crippen molar-refractivity contribution in [3.05, 3.63) is 65.7 Å². The van der Waals surface area contributed by atoms with E-state index in [9.17, 15) is 15.0 Å². The zero-order valence-electron chi connectivity index (χ0n) is 20.8. The molecular weight excluding hydrogens is 390 g/mol. The van der Waals surface area contributed by atoms with E-state index in [4.69, 9.17) is 7.48 Å². The predicted octanol–water partition coefficient (Wildman–Crippen LogP) is 4.48. The van der Waals surface area contributed by atoms with Crippen LogP contribution in [0.5, 0.6) is 5.75 Å². The fourth-order valence-corrected chi connectivity index (χ4v) is 4.00. The van der Waals surface area contributed by atoms with Gasteiger partial charge in [-0.15, -0.1) is 0 Å². The number of aliphatic hydroxyl groups is 2. The standard InChI is InChI=1S/C26H35NO4/c1-24(2,29)22(27-23(28)26(4,30)20-10-6-5-7-11-20)19-12-14-21(15-13-19)31-18-25(3)16-8-9-17-25/h5-7,10-15,22,29-30H,8-9,16-18H2,1-4H3,(H,27,28)/t22-,26-/m1/s1/i18D2. The van der Waals surface area contributed by atoms with E-state index in [0.29, 0.717) is 16.9 Å². The molecule has 0 aromatic heterocycles. The molecule has 5 nitrogen and oxygen atoms in total. The lowest BCUT2D eigenvalue weighted by Gasteiger charge is -2.33. The van der Waals surface area contributed by atoms with Gasteiger partial charge in [0.15, 0.2) is 5.60 Å². The Morgan fingerprint density at radius 2 is 1.68 bits per heavy atom. The highest BCUT2D eigenvalue weighted by Crippen LogP contribution is 2.38. The van der Waals surface area contributed by atoms with Crippen molar-refractivity contribution in [2.24, 2.45) is 5.41 Å². The van der Waals surface area contributed by atoms with Crippen LogP contribution >= 0.6 is 0 Å². The number of ether oxygens (including phenoxy) is 1. The summed E-state index contributed by atoms with van der Waals surface area (Å²) in [5.41, 5.74) is -2.57. The highest BCUT2D eigenvalue weighted by molar-refractivity contribution is 5.86. The van der Waals surface area contributed by atoms with Gasteiger partial charge in [-0.1, -0.05) is 62.2 Å². The fraction of sp³-hybridized carbons (Fsp3) is 0.500. The molecule has 2 atom stereocenters. The molecule has 0 heterocycles. The summed E-state index contributed by atoms with van der Waals surface area (Å²) in [6.45, 7) is 4.70. The van der Waals surface area contributed by atoms with E-state index in [1.165, 1.54) is 6.92 Å². The summed E-state index contributed by atoms with van der Waals surface area (Å²) < 4.78 is 22.7. The first kappa shape index (κ1) is 20.5. The third-order valence-corrected chi connectivity index (χ3v) is 6.10. The molecule has 0 bridgehead atoms. The molecular formula is C26H35NO4. The van der Waals surface area contributed by atoms with Crippen LogP contribution in [-0.4, -0.2) is 28.3 Å². The highest BCUT2D eigenvalue weighted by atomic mass is 16.5. The van der Waals surface area contributed by atoms with Crippen LogP contribution in [0.3, 0.4) is 0 Å². The molecule has 1 amide bonds. The van der Waals surface area contributed by atoms with Crippen molar-refractivity contribution in [1.29, 1.82) is 0 Å². The van der Waals surface area contributed by atoms with Gasteiger partial charge in [-0.3, -0.25) is 4.79 Å². The maximum absolute atomic E-state index is 13.0. The molecule has 168 valence electrons. The molecule has 1 fully saturated rings. The molecule has 1 aliphatic carbocycles. The van der Waals surface area contributed by atoms with E-state index in [2.05, 4.69) is 5.32 Å².